The van der Waals surface area contributed by atoms with Gasteiger partial charge in [-0.2, -0.15) is 10.5 Å². The predicted molar refractivity (Wildman–Crippen MR) is 105 cm³/mol. The molecule has 1 aromatic heterocycles. The Kier molecular flexibility index (Phi) is 6.18. The summed E-state index contributed by atoms with van der Waals surface area (Å²) in [6.45, 7) is 10.3. The van der Waals surface area contributed by atoms with Crippen LogP contribution in [0.25, 0.3) is 0 Å². The van der Waals surface area contributed by atoms with Crippen LogP contribution in [0.4, 0.5) is 0 Å². The number of allylic oxidation sites excluding steroid dienone is 1. The van der Waals surface area contributed by atoms with Crippen LogP contribution in [0, 0.1) is 47.8 Å². The lowest BCUT2D eigenvalue weighted by Gasteiger charge is -2.34. The number of thioether (sulfide) groups is 1. The Hall–Kier alpha value is -2.51. The lowest BCUT2D eigenvalue weighted by atomic mass is 9.72. The van der Waals surface area contributed by atoms with Crippen molar-refractivity contribution in [2.45, 2.75) is 47.6 Å². The van der Waals surface area contributed by atoms with E-state index in [-0.39, 0.29) is 11.5 Å². The Balaban J connectivity index is 2.26. The summed E-state index contributed by atoms with van der Waals surface area (Å²) in [6.07, 6.45) is 0.984. The molecule has 1 amide bonds. The minimum Gasteiger partial charge on any atom is -0.348 e. The molecule has 0 unspecified atom stereocenters. The summed E-state index contributed by atoms with van der Waals surface area (Å²) in [5.41, 5.74) is 2.09. The minimum atomic E-state index is -0.930. The summed E-state index contributed by atoms with van der Waals surface area (Å²) < 4.78 is 2.13. The van der Waals surface area contributed by atoms with E-state index in [0.29, 0.717) is 16.2 Å². The summed E-state index contributed by atoms with van der Waals surface area (Å²) in [7, 11) is 0. The smallest absolute Gasteiger partial charge is 0.243 e. The van der Waals surface area contributed by atoms with Gasteiger partial charge in [0, 0.05) is 28.9 Å². The standard InChI is InChI=1S/C20H24N4O2S/c1-6-7-24-12(2)8-14(13(24)3)17(25)11-27-19-16(10-22)20(4,5)15(9-21)18(26)23-19/h8,15H,6-7,11H2,1-5H3,(H,23,26)/t15-/m0/s1. The molecule has 142 valence electrons. The minimum absolute atomic E-state index is 0.0466. The summed E-state index contributed by atoms with van der Waals surface area (Å²) in [5.74, 6) is -1.29. The molecule has 0 bridgehead atoms. The molecule has 1 aliphatic rings. The normalized spacial score (nSPS) is 18.6. The number of nitrogens with zero attached hydrogens (tertiary/aromatic N) is 3. The molecule has 27 heavy (non-hydrogen) atoms. The molecule has 6 nitrogen and oxygen atoms in total. The van der Waals surface area contributed by atoms with Crippen molar-refractivity contribution < 1.29 is 9.59 Å². The van der Waals surface area contributed by atoms with Gasteiger partial charge in [0.1, 0.15) is 5.92 Å². The molecule has 2 rings (SSSR count). The van der Waals surface area contributed by atoms with Gasteiger partial charge in [0.05, 0.1) is 28.5 Å². The number of aryl methyl sites for hydroxylation is 1. The highest BCUT2D eigenvalue weighted by molar-refractivity contribution is 8.03. The fraction of sp³-hybridized carbons (Fsp3) is 0.500. The molecule has 0 aliphatic carbocycles. The van der Waals surface area contributed by atoms with Crippen molar-refractivity contribution in [2.75, 3.05) is 5.75 Å². The first kappa shape index (κ1) is 20.8. The largest absolute Gasteiger partial charge is 0.348 e. The maximum atomic E-state index is 12.7. The van der Waals surface area contributed by atoms with E-state index in [2.05, 4.69) is 22.9 Å². The number of carbonyl (C=O) groups excluding carboxylic acids is 2. The van der Waals surface area contributed by atoms with Crippen LogP contribution in [0.1, 0.15) is 48.9 Å². The highest BCUT2D eigenvalue weighted by Crippen LogP contribution is 2.41. The molecular formula is C20H24N4O2S. The van der Waals surface area contributed by atoms with Crippen molar-refractivity contribution in [1.82, 2.24) is 9.88 Å². The van der Waals surface area contributed by atoms with Crippen LogP contribution >= 0.6 is 11.8 Å². The van der Waals surface area contributed by atoms with Gasteiger partial charge in [-0.25, -0.2) is 0 Å². The van der Waals surface area contributed by atoms with Gasteiger partial charge in [0.25, 0.3) is 0 Å². The molecule has 1 atom stereocenters. The Bertz CT molecular complexity index is 896. The number of hydrogen-bond acceptors (Lipinski definition) is 5. The molecule has 0 saturated heterocycles. The molecule has 1 N–H and O–H groups in total. The van der Waals surface area contributed by atoms with E-state index in [4.69, 9.17) is 0 Å². The number of ketones is 1. The van der Waals surface area contributed by atoms with E-state index in [9.17, 15) is 20.1 Å². The Morgan fingerprint density at radius 1 is 1.37 bits per heavy atom. The van der Waals surface area contributed by atoms with Crippen molar-refractivity contribution in [1.29, 1.82) is 10.5 Å². The van der Waals surface area contributed by atoms with Crippen LogP contribution in [-0.2, 0) is 11.3 Å². The molecule has 7 heteroatoms. The molecule has 1 aromatic rings. The highest BCUT2D eigenvalue weighted by Gasteiger charge is 2.44. The zero-order valence-electron chi connectivity index (χ0n) is 16.3. The average molecular weight is 385 g/mol. The van der Waals surface area contributed by atoms with Gasteiger partial charge in [0.2, 0.25) is 5.91 Å². The SMILES string of the molecule is CCCn1c(C)cc(C(=O)CSC2=C(C#N)C(C)(C)[C@@H](C#N)C(=O)N2)c1C. The molecule has 0 spiro atoms. The number of rotatable bonds is 6. The third-order valence-electron chi connectivity index (χ3n) is 5.00. The molecule has 0 aromatic carbocycles. The molecule has 0 saturated carbocycles. The number of amides is 1. The van der Waals surface area contributed by atoms with Crippen LogP contribution in [0.3, 0.4) is 0 Å². The van der Waals surface area contributed by atoms with E-state index in [1.54, 1.807) is 13.8 Å². The highest BCUT2D eigenvalue weighted by atomic mass is 32.2. The van der Waals surface area contributed by atoms with Gasteiger partial charge >= 0.3 is 0 Å². The molecular weight excluding hydrogens is 360 g/mol. The fourth-order valence-corrected chi connectivity index (χ4v) is 4.46. The van der Waals surface area contributed by atoms with Crippen molar-refractivity contribution in [3.63, 3.8) is 0 Å². The topological polar surface area (TPSA) is 98.7 Å². The van der Waals surface area contributed by atoms with Crippen LogP contribution < -0.4 is 5.32 Å². The number of hydrogen-bond donors (Lipinski definition) is 1. The first-order valence-electron chi connectivity index (χ1n) is 8.87. The number of carbonyl (C=O) groups is 2. The second kappa shape index (κ2) is 8.02. The second-order valence-corrected chi connectivity index (χ2v) is 8.22. The number of nitrogens with one attached hydrogen (secondary N) is 1. The molecule has 2 heterocycles. The van der Waals surface area contributed by atoms with Crippen LogP contribution in [-0.4, -0.2) is 22.0 Å². The number of Topliss-reactive ketones (excluding diaryl/α,β-unsaturated/α-hetero) is 1. The monoisotopic (exact) mass is 384 g/mol. The lowest BCUT2D eigenvalue weighted by molar-refractivity contribution is -0.125. The third kappa shape index (κ3) is 3.79. The van der Waals surface area contributed by atoms with Gasteiger partial charge in [0.15, 0.2) is 5.78 Å². The molecule has 0 fully saturated rings. The van der Waals surface area contributed by atoms with E-state index < -0.39 is 17.2 Å². The van der Waals surface area contributed by atoms with Crippen LogP contribution in [0.5, 0.6) is 0 Å². The zero-order chi connectivity index (χ0) is 20.4. The van der Waals surface area contributed by atoms with Gasteiger partial charge in [-0.05, 0) is 26.3 Å². The van der Waals surface area contributed by atoms with Crippen molar-refractivity contribution in [3.8, 4) is 12.1 Å². The second-order valence-electron chi connectivity index (χ2n) is 7.24. The summed E-state index contributed by atoms with van der Waals surface area (Å²) in [6, 6.07) is 5.97. The first-order chi connectivity index (χ1) is 12.7. The van der Waals surface area contributed by atoms with Gasteiger partial charge in [-0.1, -0.05) is 32.5 Å². The van der Waals surface area contributed by atoms with Crippen LogP contribution in [0.2, 0.25) is 0 Å². The van der Waals surface area contributed by atoms with Crippen LogP contribution in [0.15, 0.2) is 16.7 Å². The fourth-order valence-electron chi connectivity index (χ4n) is 3.40. The lowest BCUT2D eigenvalue weighted by Crippen LogP contribution is -2.44. The Morgan fingerprint density at radius 2 is 2.04 bits per heavy atom. The van der Waals surface area contributed by atoms with E-state index in [1.807, 2.05) is 26.0 Å². The Labute approximate surface area is 164 Å². The maximum absolute atomic E-state index is 12.7. The van der Waals surface area contributed by atoms with Crippen molar-refractivity contribution in [3.05, 3.63) is 33.6 Å². The van der Waals surface area contributed by atoms with E-state index in [0.717, 1.165) is 36.1 Å². The van der Waals surface area contributed by atoms with E-state index >= 15 is 0 Å². The Morgan fingerprint density at radius 3 is 2.59 bits per heavy atom. The molecule has 0 radical (unpaired) electrons. The summed E-state index contributed by atoms with van der Waals surface area (Å²) >= 11 is 1.15. The van der Waals surface area contributed by atoms with E-state index in [1.165, 1.54) is 0 Å². The third-order valence-corrected chi connectivity index (χ3v) is 6.00. The summed E-state index contributed by atoms with van der Waals surface area (Å²) in [5, 5.41) is 21.8. The average Bonchev–Trinajstić information content (AvgIpc) is 2.87. The van der Waals surface area contributed by atoms with Gasteiger partial charge < -0.3 is 9.88 Å². The van der Waals surface area contributed by atoms with Gasteiger partial charge in [-0.3, -0.25) is 9.59 Å². The predicted octanol–water partition coefficient (Wildman–Crippen LogP) is 3.46. The molecule has 1 aliphatic heterocycles. The zero-order valence-corrected chi connectivity index (χ0v) is 17.2. The number of nitriles is 2. The van der Waals surface area contributed by atoms with Crippen molar-refractivity contribution >= 4 is 23.5 Å². The maximum Gasteiger partial charge on any atom is 0.243 e. The summed E-state index contributed by atoms with van der Waals surface area (Å²) in [4.78, 5) is 25.0. The number of aromatic nitrogens is 1. The van der Waals surface area contributed by atoms with Gasteiger partial charge in [-0.15, -0.1) is 0 Å². The first-order valence-corrected chi connectivity index (χ1v) is 9.85. The quantitative estimate of drug-likeness (QED) is 0.757. The van der Waals surface area contributed by atoms with Crippen molar-refractivity contribution in [2.24, 2.45) is 11.3 Å².